The van der Waals surface area contributed by atoms with E-state index in [0.29, 0.717) is 6.54 Å². The lowest BCUT2D eigenvalue weighted by atomic mass is 10.3. The predicted octanol–water partition coefficient (Wildman–Crippen LogP) is 2.81. The molecule has 0 aromatic carbocycles. The van der Waals surface area contributed by atoms with Gasteiger partial charge in [0, 0.05) is 18.1 Å². The zero-order valence-corrected chi connectivity index (χ0v) is 12.7. The van der Waals surface area contributed by atoms with Crippen LogP contribution in [0, 0.1) is 11.7 Å². The summed E-state index contributed by atoms with van der Waals surface area (Å²) < 4.78 is 4.68. The van der Waals surface area contributed by atoms with Crippen molar-refractivity contribution in [3.63, 3.8) is 0 Å². The van der Waals surface area contributed by atoms with Crippen LogP contribution in [0.5, 0.6) is 0 Å². The van der Waals surface area contributed by atoms with Crippen molar-refractivity contribution >= 4 is 34.7 Å². The van der Waals surface area contributed by atoms with Crippen molar-refractivity contribution in [3.05, 3.63) is 26.5 Å². The first kappa shape index (κ1) is 12.6. The minimum atomic E-state index is 0.694. The molecule has 0 amide bonds. The van der Waals surface area contributed by atoms with Crippen LogP contribution in [0.25, 0.3) is 11.2 Å². The number of hydrogen-bond acceptors (Lipinski definition) is 4. The highest BCUT2D eigenvalue weighted by Crippen LogP contribution is 2.20. The Morgan fingerprint density at radius 2 is 2.26 bits per heavy atom. The fraction of sp³-hybridized carbons (Fsp3) is 0.417. The van der Waals surface area contributed by atoms with Gasteiger partial charge in [-0.15, -0.1) is 11.3 Å². The SMILES string of the molecule is CCc1nn(C)c2c1[nH]c(=S)n2Cc1ncc(C)s1. The Bertz CT molecular complexity index is 789. The Hall–Kier alpha value is -1.47. The zero-order chi connectivity index (χ0) is 13.6. The summed E-state index contributed by atoms with van der Waals surface area (Å²) in [7, 11) is 1.95. The van der Waals surface area contributed by atoms with E-state index in [2.05, 4.69) is 33.5 Å². The average Bonchev–Trinajstić information content (AvgIpc) is 3.00. The fourth-order valence-electron chi connectivity index (χ4n) is 2.28. The lowest BCUT2D eigenvalue weighted by Gasteiger charge is -2.01. The second kappa shape index (κ2) is 4.57. The van der Waals surface area contributed by atoms with Crippen LogP contribution in [-0.2, 0) is 20.0 Å². The van der Waals surface area contributed by atoms with E-state index in [9.17, 15) is 0 Å². The van der Waals surface area contributed by atoms with Gasteiger partial charge in [0.1, 0.15) is 10.5 Å². The number of thiazole rings is 1. The van der Waals surface area contributed by atoms with Crippen LogP contribution < -0.4 is 0 Å². The number of aryl methyl sites for hydroxylation is 3. The smallest absolute Gasteiger partial charge is 0.179 e. The largest absolute Gasteiger partial charge is 0.328 e. The molecule has 7 heteroatoms. The number of aromatic nitrogens is 5. The number of nitrogens with zero attached hydrogens (tertiary/aromatic N) is 4. The molecule has 3 rings (SSSR count). The van der Waals surface area contributed by atoms with Gasteiger partial charge in [0.05, 0.1) is 12.2 Å². The quantitative estimate of drug-likeness (QED) is 0.756. The number of nitrogens with one attached hydrogen (secondary N) is 1. The Balaban J connectivity index is 2.15. The Kier molecular flexibility index (Phi) is 3.02. The molecule has 1 N–H and O–H groups in total. The summed E-state index contributed by atoms with van der Waals surface area (Å²) in [5.74, 6) is 0. The number of aromatic amines is 1. The van der Waals surface area contributed by atoms with Gasteiger partial charge < -0.3 is 4.98 Å². The maximum atomic E-state index is 5.42. The molecule has 0 radical (unpaired) electrons. The molecule has 0 unspecified atom stereocenters. The lowest BCUT2D eigenvalue weighted by Crippen LogP contribution is -2.04. The van der Waals surface area contributed by atoms with Crippen molar-refractivity contribution in [2.45, 2.75) is 26.8 Å². The third-order valence-corrected chi connectivity index (χ3v) is 4.34. The van der Waals surface area contributed by atoms with Gasteiger partial charge in [0.15, 0.2) is 10.4 Å². The van der Waals surface area contributed by atoms with Gasteiger partial charge in [-0.1, -0.05) is 6.92 Å². The maximum Gasteiger partial charge on any atom is 0.179 e. The minimum Gasteiger partial charge on any atom is -0.328 e. The highest BCUT2D eigenvalue weighted by molar-refractivity contribution is 7.71. The van der Waals surface area contributed by atoms with Crippen LogP contribution in [0.4, 0.5) is 0 Å². The van der Waals surface area contributed by atoms with E-state index in [0.717, 1.165) is 33.1 Å². The normalized spacial score (nSPS) is 11.5. The van der Waals surface area contributed by atoms with Gasteiger partial charge in [0.2, 0.25) is 0 Å². The van der Waals surface area contributed by atoms with Crippen LogP contribution in [0.15, 0.2) is 6.20 Å². The molecule has 0 aliphatic rings. The molecule has 0 atom stereocenters. The van der Waals surface area contributed by atoms with E-state index >= 15 is 0 Å². The van der Waals surface area contributed by atoms with Gasteiger partial charge in [-0.05, 0) is 25.6 Å². The third kappa shape index (κ3) is 2.02. The summed E-state index contributed by atoms with van der Waals surface area (Å²) in [4.78, 5) is 8.88. The standard InChI is InChI=1S/C12H15N5S2/c1-4-8-10-11(16(3)15-8)17(12(18)14-10)6-9-13-5-7(2)19-9/h5H,4,6H2,1-3H3,(H,14,18). The molecule has 5 nitrogen and oxygen atoms in total. The molecular formula is C12H15N5S2. The Morgan fingerprint density at radius 1 is 1.47 bits per heavy atom. The molecule has 0 fully saturated rings. The molecule has 19 heavy (non-hydrogen) atoms. The van der Waals surface area contributed by atoms with Crippen molar-refractivity contribution in [2.75, 3.05) is 0 Å². The number of rotatable bonds is 3. The highest BCUT2D eigenvalue weighted by atomic mass is 32.1. The summed E-state index contributed by atoms with van der Waals surface area (Å²) in [5, 5.41) is 5.58. The van der Waals surface area contributed by atoms with Crippen molar-refractivity contribution in [1.82, 2.24) is 24.3 Å². The first-order valence-electron chi connectivity index (χ1n) is 6.15. The predicted molar refractivity (Wildman–Crippen MR) is 79.2 cm³/mol. The van der Waals surface area contributed by atoms with Crippen LogP contribution >= 0.6 is 23.6 Å². The number of imidazole rings is 1. The van der Waals surface area contributed by atoms with Gasteiger partial charge in [-0.25, -0.2) is 4.98 Å². The van der Waals surface area contributed by atoms with Crippen LogP contribution in [0.1, 0.15) is 22.5 Å². The average molecular weight is 293 g/mol. The first-order chi connectivity index (χ1) is 9.10. The molecule has 0 saturated carbocycles. The summed E-state index contributed by atoms with van der Waals surface area (Å²) in [6.07, 6.45) is 2.79. The van der Waals surface area contributed by atoms with Crippen LogP contribution in [0.2, 0.25) is 0 Å². The molecule has 0 spiro atoms. The van der Waals surface area contributed by atoms with Gasteiger partial charge in [-0.2, -0.15) is 5.10 Å². The molecule has 0 bridgehead atoms. The minimum absolute atomic E-state index is 0.694. The molecule has 0 aliphatic carbocycles. The first-order valence-corrected chi connectivity index (χ1v) is 7.38. The molecule has 100 valence electrons. The highest BCUT2D eigenvalue weighted by Gasteiger charge is 2.15. The molecule has 3 aromatic rings. The van der Waals surface area contributed by atoms with Crippen molar-refractivity contribution in [1.29, 1.82) is 0 Å². The monoisotopic (exact) mass is 293 g/mol. The molecule has 0 saturated heterocycles. The van der Waals surface area contributed by atoms with Crippen molar-refractivity contribution in [2.24, 2.45) is 7.05 Å². The lowest BCUT2D eigenvalue weighted by molar-refractivity contribution is 0.707. The second-order valence-electron chi connectivity index (χ2n) is 4.50. The number of hydrogen-bond donors (Lipinski definition) is 1. The fourth-order valence-corrected chi connectivity index (χ4v) is 3.31. The summed E-state index contributed by atoms with van der Waals surface area (Å²) in [5.41, 5.74) is 3.13. The molecule has 3 heterocycles. The second-order valence-corrected chi connectivity index (χ2v) is 6.21. The van der Waals surface area contributed by atoms with Crippen molar-refractivity contribution < 1.29 is 0 Å². The topological polar surface area (TPSA) is 51.4 Å². The van der Waals surface area contributed by atoms with E-state index in [-0.39, 0.29) is 0 Å². The molecular weight excluding hydrogens is 278 g/mol. The van der Waals surface area contributed by atoms with Crippen LogP contribution in [-0.4, -0.2) is 24.3 Å². The van der Waals surface area contributed by atoms with Gasteiger partial charge in [0.25, 0.3) is 0 Å². The van der Waals surface area contributed by atoms with E-state index in [4.69, 9.17) is 12.2 Å². The third-order valence-electron chi connectivity index (χ3n) is 3.12. The number of fused-ring (bicyclic) bond motifs is 1. The Labute approximate surface area is 119 Å². The summed E-state index contributed by atoms with van der Waals surface area (Å²) in [6.45, 7) is 4.85. The van der Waals surface area contributed by atoms with Crippen LogP contribution in [0.3, 0.4) is 0 Å². The molecule has 3 aromatic heterocycles. The summed E-state index contributed by atoms with van der Waals surface area (Å²) >= 11 is 7.12. The summed E-state index contributed by atoms with van der Waals surface area (Å²) in [6, 6.07) is 0. The van der Waals surface area contributed by atoms with E-state index in [1.54, 1.807) is 11.3 Å². The van der Waals surface area contributed by atoms with Crippen molar-refractivity contribution in [3.8, 4) is 0 Å². The zero-order valence-electron chi connectivity index (χ0n) is 11.1. The van der Waals surface area contributed by atoms with Gasteiger partial charge >= 0.3 is 0 Å². The molecule has 0 aliphatic heterocycles. The maximum absolute atomic E-state index is 5.42. The van der Waals surface area contributed by atoms with E-state index in [1.807, 2.05) is 17.9 Å². The van der Waals surface area contributed by atoms with Gasteiger partial charge in [-0.3, -0.25) is 9.25 Å². The van der Waals surface area contributed by atoms with E-state index < -0.39 is 0 Å². The van der Waals surface area contributed by atoms with E-state index in [1.165, 1.54) is 4.88 Å². The Morgan fingerprint density at radius 3 is 2.89 bits per heavy atom. The number of H-pyrrole nitrogens is 1.